The van der Waals surface area contributed by atoms with E-state index in [1.54, 1.807) is 13.8 Å². The molecule has 0 fully saturated rings. The van der Waals surface area contributed by atoms with Crippen molar-refractivity contribution in [3.8, 4) is 0 Å². The quantitative estimate of drug-likeness (QED) is 0.387. The molecular formula is C5H10NO2-. The van der Waals surface area contributed by atoms with Crippen LogP contribution >= 0.6 is 0 Å². The Labute approximate surface area is 48.9 Å². The first-order chi connectivity index (χ1) is 3.50. The third kappa shape index (κ3) is 1.60. The van der Waals surface area contributed by atoms with E-state index >= 15 is 0 Å². The summed E-state index contributed by atoms with van der Waals surface area (Å²) in [6, 6.07) is 0. The fourth-order valence-electron chi connectivity index (χ4n) is 0.0742. The van der Waals surface area contributed by atoms with Crippen molar-refractivity contribution in [2.45, 2.75) is 19.4 Å². The van der Waals surface area contributed by atoms with Crippen LogP contribution in [0.4, 0.5) is 0 Å². The SMILES string of the molecule is CN([O-])C(C)(C)C=O. The maximum Gasteiger partial charge on any atom is 0.138 e. The third-order valence-electron chi connectivity index (χ3n) is 1.10. The van der Waals surface area contributed by atoms with E-state index in [9.17, 15) is 10.0 Å². The monoisotopic (exact) mass is 116 g/mol. The van der Waals surface area contributed by atoms with Gasteiger partial charge in [0.2, 0.25) is 0 Å². The lowest BCUT2D eigenvalue weighted by Gasteiger charge is -2.35. The largest absolute Gasteiger partial charge is 0.785 e. The second kappa shape index (κ2) is 2.24. The summed E-state index contributed by atoms with van der Waals surface area (Å²) < 4.78 is 0. The second-order valence-corrected chi connectivity index (χ2v) is 2.27. The summed E-state index contributed by atoms with van der Waals surface area (Å²) in [7, 11) is 1.33. The van der Waals surface area contributed by atoms with Gasteiger partial charge < -0.3 is 15.1 Å². The Morgan fingerprint density at radius 3 is 2.00 bits per heavy atom. The standard InChI is InChI=1S/C5H10NO2/c1-5(2,4-7)6(3)8/h4H,1-3H3/q-1. The molecule has 0 bridgehead atoms. The number of carbonyl (C=O) groups excluding carboxylic acids is 1. The van der Waals surface area contributed by atoms with Gasteiger partial charge in [-0.3, -0.25) is 0 Å². The van der Waals surface area contributed by atoms with Crippen molar-refractivity contribution in [3.63, 3.8) is 0 Å². The molecule has 0 aromatic rings. The lowest BCUT2D eigenvalue weighted by molar-refractivity contribution is -0.114. The first-order valence-electron chi connectivity index (χ1n) is 2.38. The summed E-state index contributed by atoms with van der Waals surface area (Å²) >= 11 is 0. The summed E-state index contributed by atoms with van der Waals surface area (Å²) in [5.41, 5.74) is -0.861. The van der Waals surface area contributed by atoms with E-state index in [1.807, 2.05) is 0 Å². The molecule has 0 radical (unpaired) electrons. The molecule has 8 heavy (non-hydrogen) atoms. The van der Waals surface area contributed by atoms with Crippen molar-refractivity contribution < 1.29 is 4.79 Å². The average Bonchev–Trinajstić information content (AvgIpc) is 1.67. The minimum Gasteiger partial charge on any atom is -0.785 e. The Balaban J connectivity index is 3.90. The van der Waals surface area contributed by atoms with Crippen LogP contribution in [0.2, 0.25) is 0 Å². The number of aldehydes is 1. The smallest absolute Gasteiger partial charge is 0.138 e. The lowest BCUT2D eigenvalue weighted by atomic mass is 10.1. The Morgan fingerprint density at radius 2 is 2.00 bits per heavy atom. The fourth-order valence-corrected chi connectivity index (χ4v) is 0.0742. The fraction of sp³-hybridized carbons (Fsp3) is 0.800. The molecule has 48 valence electrons. The molecule has 0 N–H and O–H groups in total. The van der Waals surface area contributed by atoms with Crippen molar-refractivity contribution in [3.05, 3.63) is 5.21 Å². The van der Waals surface area contributed by atoms with Gasteiger partial charge in [0.05, 0.1) is 5.54 Å². The Hall–Kier alpha value is -0.410. The minimum atomic E-state index is -0.861. The van der Waals surface area contributed by atoms with Gasteiger partial charge in [0.15, 0.2) is 0 Å². The molecule has 0 aliphatic rings. The van der Waals surface area contributed by atoms with Crippen LogP contribution < -0.4 is 0 Å². The van der Waals surface area contributed by atoms with Gasteiger partial charge in [-0.1, -0.05) is 0 Å². The van der Waals surface area contributed by atoms with Gasteiger partial charge in [0.25, 0.3) is 0 Å². The zero-order valence-corrected chi connectivity index (χ0v) is 5.34. The van der Waals surface area contributed by atoms with Gasteiger partial charge in [0, 0.05) is 0 Å². The van der Waals surface area contributed by atoms with E-state index in [0.29, 0.717) is 11.3 Å². The predicted molar refractivity (Wildman–Crippen MR) is 31.3 cm³/mol. The molecule has 0 aliphatic heterocycles. The lowest BCUT2D eigenvalue weighted by Crippen LogP contribution is -2.38. The van der Waals surface area contributed by atoms with Crippen molar-refractivity contribution in [1.82, 2.24) is 5.06 Å². The van der Waals surface area contributed by atoms with Crippen LogP contribution in [-0.4, -0.2) is 23.9 Å². The number of hydroxylamine groups is 2. The molecule has 0 amide bonds. The molecule has 0 atom stereocenters. The first-order valence-corrected chi connectivity index (χ1v) is 2.38. The highest BCUT2D eigenvalue weighted by Crippen LogP contribution is 2.04. The summed E-state index contributed by atoms with van der Waals surface area (Å²) in [6.45, 7) is 3.12. The van der Waals surface area contributed by atoms with Crippen LogP contribution in [0.25, 0.3) is 0 Å². The first kappa shape index (κ1) is 7.59. The Bertz CT molecular complexity index is 88.4. The average molecular weight is 116 g/mol. The van der Waals surface area contributed by atoms with E-state index < -0.39 is 5.54 Å². The molecule has 0 spiro atoms. The highest BCUT2D eigenvalue weighted by molar-refractivity contribution is 5.62. The number of hydrogen-bond acceptors (Lipinski definition) is 3. The summed E-state index contributed by atoms with van der Waals surface area (Å²) in [5, 5.41) is 11.0. The number of nitrogens with zero attached hydrogens (tertiary/aromatic N) is 1. The maximum atomic E-state index is 10.4. The zero-order valence-electron chi connectivity index (χ0n) is 5.34. The van der Waals surface area contributed by atoms with Crippen molar-refractivity contribution in [1.29, 1.82) is 0 Å². The van der Waals surface area contributed by atoms with Gasteiger partial charge in [-0.15, -0.1) is 0 Å². The number of rotatable bonds is 2. The Kier molecular flexibility index (Phi) is 2.12. The molecule has 0 aliphatic carbocycles. The van der Waals surface area contributed by atoms with Crippen LogP contribution in [0.1, 0.15) is 13.8 Å². The van der Waals surface area contributed by atoms with Gasteiger partial charge in [-0.05, 0) is 20.9 Å². The molecule has 0 rings (SSSR count). The number of carbonyl (C=O) groups is 1. The van der Waals surface area contributed by atoms with E-state index in [0.717, 1.165) is 0 Å². The molecule has 3 nitrogen and oxygen atoms in total. The summed E-state index contributed by atoms with van der Waals surface area (Å²) in [5.74, 6) is 0. The topological polar surface area (TPSA) is 43.4 Å². The van der Waals surface area contributed by atoms with Crippen LogP contribution in [-0.2, 0) is 4.79 Å². The maximum absolute atomic E-state index is 10.4. The highest BCUT2D eigenvalue weighted by atomic mass is 16.5. The second-order valence-electron chi connectivity index (χ2n) is 2.27. The van der Waals surface area contributed by atoms with E-state index in [1.165, 1.54) is 7.05 Å². The Morgan fingerprint density at radius 1 is 1.62 bits per heavy atom. The third-order valence-corrected chi connectivity index (χ3v) is 1.10. The molecular weight excluding hydrogens is 106 g/mol. The molecule has 0 unspecified atom stereocenters. The van der Waals surface area contributed by atoms with Crippen molar-refractivity contribution in [2.24, 2.45) is 0 Å². The van der Waals surface area contributed by atoms with Crippen LogP contribution in [0.15, 0.2) is 0 Å². The number of likely N-dealkylation sites (N-methyl/N-ethyl adjacent to an activating group) is 1. The molecule has 0 saturated heterocycles. The molecule has 3 heteroatoms. The van der Waals surface area contributed by atoms with Crippen LogP contribution in [0.3, 0.4) is 0 Å². The molecule has 0 saturated carbocycles. The zero-order chi connectivity index (χ0) is 6.78. The van der Waals surface area contributed by atoms with Gasteiger partial charge >= 0.3 is 0 Å². The highest BCUT2D eigenvalue weighted by Gasteiger charge is 2.13. The van der Waals surface area contributed by atoms with Gasteiger partial charge in [0.1, 0.15) is 6.29 Å². The van der Waals surface area contributed by atoms with Gasteiger partial charge in [-0.2, -0.15) is 0 Å². The molecule has 0 aromatic heterocycles. The minimum absolute atomic E-state index is 0.625. The normalized spacial score (nSPS) is 12.1. The van der Waals surface area contributed by atoms with E-state index in [2.05, 4.69) is 0 Å². The van der Waals surface area contributed by atoms with Crippen molar-refractivity contribution >= 4 is 6.29 Å². The van der Waals surface area contributed by atoms with Crippen molar-refractivity contribution in [2.75, 3.05) is 7.05 Å². The van der Waals surface area contributed by atoms with Crippen LogP contribution in [0, 0.1) is 5.21 Å². The van der Waals surface area contributed by atoms with E-state index in [-0.39, 0.29) is 0 Å². The molecule has 0 heterocycles. The summed E-state index contributed by atoms with van der Waals surface area (Å²) in [6.07, 6.45) is 0.625. The predicted octanol–water partition coefficient (Wildman–Crippen LogP) is 0.393. The van der Waals surface area contributed by atoms with E-state index in [4.69, 9.17) is 0 Å². The number of hydrogen-bond donors (Lipinski definition) is 0. The molecule has 0 aromatic carbocycles. The van der Waals surface area contributed by atoms with Crippen LogP contribution in [0.5, 0.6) is 0 Å². The summed E-state index contributed by atoms with van der Waals surface area (Å²) in [4.78, 5) is 10.0. The van der Waals surface area contributed by atoms with Gasteiger partial charge in [-0.25, -0.2) is 0 Å².